The van der Waals surface area contributed by atoms with Crippen molar-refractivity contribution < 1.29 is 28.9 Å². The fraction of sp³-hybridized carbons (Fsp3) is 0.400. The second-order valence-electron chi connectivity index (χ2n) is 8.61. The van der Waals surface area contributed by atoms with Gasteiger partial charge in [-0.3, -0.25) is 9.59 Å². The van der Waals surface area contributed by atoms with E-state index in [4.69, 9.17) is 14.2 Å². The maximum Gasteiger partial charge on any atom is 0.303 e. The molecule has 1 aromatic heterocycles. The number of rotatable bonds is 9. The topological polar surface area (TPSA) is 138 Å². The summed E-state index contributed by atoms with van der Waals surface area (Å²) >= 11 is 1.50. The van der Waals surface area contributed by atoms with Gasteiger partial charge in [-0.15, -0.1) is 5.10 Å². The molecule has 0 saturated carbocycles. The monoisotopic (exact) mass is 527 g/mol. The maximum absolute atomic E-state index is 12.4. The Balaban J connectivity index is 1.52. The van der Waals surface area contributed by atoms with Crippen molar-refractivity contribution in [3.05, 3.63) is 65.2 Å². The predicted octanol–water partition coefficient (Wildman–Crippen LogP) is 2.93. The summed E-state index contributed by atoms with van der Waals surface area (Å²) in [5.41, 5.74) is 3.05. The van der Waals surface area contributed by atoms with Gasteiger partial charge in [0.05, 0.1) is 18.8 Å². The number of hydrogen-bond donors (Lipinski definition) is 2. The summed E-state index contributed by atoms with van der Waals surface area (Å²) in [5.74, 6) is -0.360. The van der Waals surface area contributed by atoms with E-state index in [0.29, 0.717) is 23.0 Å². The van der Waals surface area contributed by atoms with Crippen molar-refractivity contribution in [3.63, 3.8) is 0 Å². The van der Waals surface area contributed by atoms with Crippen molar-refractivity contribution >= 4 is 29.3 Å². The molecule has 0 radical (unpaired) electrons. The summed E-state index contributed by atoms with van der Waals surface area (Å²) in [4.78, 5) is 23.6. The number of esters is 1. The zero-order chi connectivity index (χ0) is 26.4. The maximum atomic E-state index is 12.4. The number of aliphatic hydroxyl groups is 1. The van der Waals surface area contributed by atoms with Crippen LogP contribution < -0.4 is 5.32 Å². The van der Waals surface area contributed by atoms with Gasteiger partial charge in [-0.1, -0.05) is 48.2 Å². The second kappa shape index (κ2) is 12.3. The normalized spacial score (nSPS) is 20.3. The van der Waals surface area contributed by atoms with Crippen LogP contribution in [0.5, 0.6) is 0 Å². The Hall–Kier alpha value is -3.32. The van der Waals surface area contributed by atoms with Gasteiger partial charge in [0.25, 0.3) is 5.91 Å². The van der Waals surface area contributed by atoms with E-state index in [-0.39, 0.29) is 18.8 Å². The fourth-order valence-corrected chi connectivity index (χ4v) is 4.71. The number of ether oxygens (including phenoxy) is 3. The third-order valence-corrected chi connectivity index (χ3v) is 6.88. The minimum atomic E-state index is -0.925. The lowest BCUT2D eigenvalue weighted by atomic mass is 10.0. The van der Waals surface area contributed by atoms with E-state index in [9.17, 15) is 14.7 Å². The Bertz CT molecular complexity index is 1220. The number of aryl methyl sites for hydroxylation is 1. The molecule has 1 aliphatic heterocycles. The molecule has 1 saturated heterocycles. The van der Waals surface area contributed by atoms with E-state index in [1.807, 2.05) is 30.3 Å². The number of anilines is 1. The van der Waals surface area contributed by atoms with Gasteiger partial charge in [0.1, 0.15) is 0 Å². The van der Waals surface area contributed by atoms with E-state index in [1.54, 1.807) is 29.9 Å². The summed E-state index contributed by atoms with van der Waals surface area (Å²) < 4.78 is 19.2. The first-order valence-corrected chi connectivity index (χ1v) is 12.7. The Morgan fingerprint density at radius 2 is 2.00 bits per heavy atom. The zero-order valence-corrected chi connectivity index (χ0v) is 21.6. The van der Waals surface area contributed by atoms with Crippen molar-refractivity contribution in [2.24, 2.45) is 7.05 Å². The highest BCUT2D eigenvalue weighted by atomic mass is 32.2. The third kappa shape index (κ3) is 7.13. The quantitative estimate of drug-likeness (QED) is 0.315. The minimum Gasteiger partial charge on any atom is -0.453 e. The number of thioether (sulfide) groups is 1. The summed E-state index contributed by atoms with van der Waals surface area (Å²) in [6.07, 6.45) is -1.43. The molecular formula is C25H29N5O6S. The van der Waals surface area contributed by atoms with Gasteiger partial charge >= 0.3 is 5.97 Å². The first-order chi connectivity index (χ1) is 17.8. The standard InChI is InChI=1S/C25H29N5O6S/c1-15(34-16(2)32)23(33)26-20-6-4-5-19(11-20)24-35-21(14-37-25-27-28-29-30(25)3)12-22(36-24)18-9-7-17(13-31)8-10-18/h4-11,15,21-22,24,31H,12-14H2,1-3H3,(H,26,33)/t15-,21+,22-,24-/m0/s1. The lowest BCUT2D eigenvalue weighted by Crippen LogP contribution is -2.31. The molecule has 11 nitrogen and oxygen atoms in total. The fourth-order valence-electron chi connectivity index (χ4n) is 3.84. The van der Waals surface area contributed by atoms with Crippen molar-refractivity contribution in [2.75, 3.05) is 11.1 Å². The van der Waals surface area contributed by atoms with Gasteiger partial charge in [-0.2, -0.15) is 0 Å². The van der Waals surface area contributed by atoms with Crippen LogP contribution in [-0.2, 0) is 37.5 Å². The number of tetrazole rings is 1. The van der Waals surface area contributed by atoms with Gasteiger partial charge < -0.3 is 24.6 Å². The average Bonchev–Trinajstić information content (AvgIpc) is 3.31. The summed E-state index contributed by atoms with van der Waals surface area (Å²) in [7, 11) is 1.78. The van der Waals surface area contributed by atoms with Gasteiger partial charge in [-0.25, -0.2) is 4.68 Å². The van der Waals surface area contributed by atoms with Crippen LogP contribution in [0.1, 0.15) is 49.4 Å². The van der Waals surface area contributed by atoms with Crippen LogP contribution in [0, 0.1) is 0 Å². The van der Waals surface area contributed by atoms with E-state index in [1.165, 1.54) is 25.6 Å². The van der Waals surface area contributed by atoms with Crippen LogP contribution >= 0.6 is 11.8 Å². The highest BCUT2D eigenvalue weighted by Crippen LogP contribution is 2.39. The number of hydrogen-bond acceptors (Lipinski definition) is 10. The van der Waals surface area contributed by atoms with Crippen molar-refractivity contribution in [3.8, 4) is 0 Å². The number of carbonyl (C=O) groups excluding carboxylic acids is 2. The molecule has 1 fully saturated rings. The second-order valence-corrected chi connectivity index (χ2v) is 9.60. The number of aliphatic hydroxyl groups excluding tert-OH is 1. The molecule has 0 bridgehead atoms. The third-order valence-electron chi connectivity index (χ3n) is 5.73. The molecule has 3 aromatic rings. The van der Waals surface area contributed by atoms with Crippen LogP contribution in [0.3, 0.4) is 0 Å². The molecule has 12 heteroatoms. The van der Waals surface area contributed by atoms with E-state index in [0.717, 1.165) is 16.7 Å². The van der Waals surface area contributed by atoms with Crippen LogP contribution in [0.4, 0.5) is 5.69 Å². The van der Waals surface area contributed by atoms with E-state index in [2.05, 4.69) is 20.8 Å². The molecule has 2 heterocycles. The molecule has 4 rings (SSSR count). The predicted molar refractivity (Wildman–Crippen MR) is 134 cm³/mol. The molecule has 0 aliphatic carbocycles. The average molecular weight is 528 g/mol. The molecule has 196 valence electrons. The molecular weight excluding hydrogens is 498 g/mol. The van der Waals surface area contributed by atoms with Crippen molar-refractivity contribution in [2.45, 2.75) is 56.6 Å². The summed E-state index contributed by atoms with van der Waals surface area (Å²) in [6.45, 7) is 2.73. The highest BCUT2D eigenvalue weighted by Gasteiger charge is 2.33. The number of amides is 1. The number of benzene rings is 2. The number of nitrogens with one attached hydrogen (secondary N) is 1. The Labute approximate surface area is 218 Å². The Morgan fingerprint density at radius 3 is 2.68 bits per heavy atom. The van der Waals surface area contributed by atoms with Crippen LogP contribution in [0.25, 0.3) is 0 Å². The Morgan fingerprint density at radius 1 is 1.22 bits per heavy atom. The molecule has 1 amide bonds. The number of nitrogens with zero attached hydrogens (tertiary/aromatic N) is 4. The SMILES string of the molecule is CC(=O)O[C@@H](C)C(=O)Nc1cccc([C@H]2O[C@@H](CSc3nnnn3C)C[C@@H](c3ccc(CO)cc3)O2)c1. The van der Waals surface area contributed by atoms with Crippen LogP contribution in [0.2, 0.25) is 0 Å². The molecule has 2 N–H and O–H groups in total. The molecule has 2 aromatic carbocycles. The van der Waals surface area contributed by atoms with Crippen molar-refractivity contribution in [1.29, 1.82) is 0 Å². The molecule has 1 aliphatic rings. The highest BCUT2D eigenvalue weighted by molar-refractivity contribution is 7.99. The smallest absolute Gasteiger partial charge is 0.303 e. The van der Waals surface area contributed by atoms with E-state index < -0.39 is 24.3 Å². The van der Waals surface area contributed by atoms with Gasteiger partial charge in [-0.05, 0) is 40.6 Å². The minimum absolute atomic E-state index is 0.0306. The lowest BCUT2D eigenvalue weighted by Gasteiger charge is -2.36. The van der Waals surface area contributed by atoms with Gasteiger partial charge in [0, 0.05) is 37.4 Å². The molecule has 4 atom stereocenters. The number of aromatic nitrogens is 4. The largest absolute Gasteiger partial charge is 0.453 e. The van der Waals surface area contributed by atoms with Crippen LogP contribution in [-0.4, -0.2) is 55.2 Å². The van der Waals surface area contributed by atoms with Gasteiger partial charge in [0.15, 0.2) is 12.4 Å². The molecule has 0 spiro atoms. The van der Waals surface area contributed by atoms with Crippen molar-refractivity contribution in [1.82, 2.24) is 20.2 Å². The first-order valence-electron chi connectivity index (χ1n) is 11.8. The summed E-state index contributed by atoms with van der Waals surface area (Å²) in [6, 6.07) is 14.8. The summed E-state index contributed by atoms with van der Waals surface area (Å²) in [5, 5.41) is 24.4. The van der Waals surface area contributed by atoms with E-state index >= 15 is 0 Å². The van der Waals surface area contributed by atoms with Crippen LogP contribution in [0.15, 0.2) is 53.7 Å². The number of carbonyl (C=O) groups is 2. The van der Waals surface area contributed by atoms with Gasteiger partial charge in [0.2, 0.25) is 5.16 Å². The lowest BCUT2D eigenvalue weighted by molar-refractivity contribution is -0.245. The Kier molecular flexibility index (Phi) is 8.87. The molecule has 0 unspecified atom stereocenters. The molecule has 37 heavy (non-hydrogen) atoms. The first kappa shape index (κ1) is 26.7. The zero-order valence-electron chi connectivity index (χ0n) is 20.7.